The molecule has 108 valence electrons. The van der Waals surface area contributed by atoms with Crippen LogP contribution in [0.15, 0.2) is 18.2 Å². The Morgan fingerprint density at radius 1 is 1.30 bits per heavy atom. The molecule has 0 aliphatic carbocycles. The molecule has 0 spiro atoms. The van der Waals surface area contributed by atoms with Crippen LogP contribution < -0.4 is 9.47 Å². The number of hydrogen-bond acceptors (Lipinski definition) is 4. The number of ether oxygens (including phenoxy) is 2. The van der Waals surface area contributed by atoms with E-state index in [0.717, 1.165) is 6.42 Å². The second-order valence-electron chi connectivity index (χ2n) is 4.19. The fraction of sp³-hybridized carbons (Fsp3) is 0.385. The van der Waals surface area contributed by atoms with Crippen molar-refractivity contribution in [1.82, 2.24) is 4.90 Å². The van der Waals surface area contributed by atoms with Gasteiger partial charge in [0.15, 0.2) is 11.5 Å². The fourth-order valence-electron chi connectivity index (χ4n) is 1.88. The molecule has 0 aromatic heterocycles. The molecule has 6 nitrogen and oxygen atoms in total. The summed E-state index contributed by atoms with van der Waals surface area (Å²) in [5.41, 5.74) is 0.574. The molecule has 1 N–H and O–H groups in total. The van der Waals surface area contributed by atoms with Crippen molar-refractivity contribution in [2.24, 2.45) is 0 Å². The van der Waals surface area contributed by atoms with Gasteiger partial charge >= 0.3 is 6.09 Å². The first kappa shape index (κ1) is 14.5. The van der Waals surface area contributed by atoms with E-state index >= 15 is 0 Å². The summed E-state index contributed by atoms with van der Waals surface area (Å²) < 4.78 is 11.1. The number of benzene rings is 1. The summed E-state index contributed by atoms with van der Waals surface area (Å²) in [7, 11) is 0. The summed E-state index contributed by atoms with van der Waals surface area (Å²) in [6.45, 7) is 0.910. The Labute approximate surface area is 120 Å². The predicted octanol–water partition coefficient (Wildman–Crippen LogP) is 2.09. The van der Waals surface area contributed by atoms with Gasteiger partial charge in [-0.05, 0) is 6.07 Å². The zero-order valence-corrected chi connectivity index (χ0v) is 11.4. The highest BCUT2D eigenvalue weighted by Crippen LogP contribution is 2.33. The number of carbonyl (C=O) groups is 2. The Hall–Kier alpha value is -1.95. The van der Waals surface area contributed by atoms with Crippen LogP contribution in [0.1, 0.15) is 12.0 Å². The normalized spacial score (nSPS) is 13.4. The largest absolute Gasteiger partial charge is 0.490 e. The van der Waals surface area contributed by atoms with Gasteiger partial charge in [-0.15, -0.1) is 11.6 Å². The minimum atomic E-state index is -1.34. The third kappa shape index (κ3) is 3.14. The molecule has 0 saturated carbocycles. The molecule has 0 radical (unpaired) electrons. The summed E-state index contributed by atoms with van der Waals surface area (Å²) in [4.78, 5) is 23.3. The first-order valence-electron chi connectivity index (χ1n) is 6.10. The van der Waals surface area contributed by atoms with Gasteiger partial charge in [-0.2, -0.15) is 0 Å². The fourth-order valence-corrected chi connectivity index (χ4v) is 2.03. The number of carboxylic acid groups (broad SMARTS) is 1. The lowest BCUT2D eigenvalue weighted by molar-refractivity contribution is -0.126. The maximum atomic E-state index is 11.5. The molecule has 0 fully saturated rings. The van der Waals surface area contributed by atoms with Crippen LogP contribution in [-0.2, 0) is 11.3 Å². The van der Waals surface area contributed by atoms with Crippen molar-refractivity contribution in [3.05, 3.63) is 23.8 Å². The van der Waals surface area contributed by atoms with Gasteiger partial charge in [0.05, 0.1) is 19.8 Å². The smallest absolute Gasteiger partial charge is 0.414 e. The average molecular weight is 300 g/mol. The summed E-state index contributed by atoms with van der Waals surface area (Å²) in [5.74, 6) is -0.0211. The van der Waals surface area contributed by atoms with Crippen LogP contribution >= 0.6 is 11.6 Å². The molecule has 1 aromatic rings. The van der Waals surface area contributed by atoms with Crippen LogP contribution in [0.5, 0.6) is 11.5 Å². The van der Waals surface area contributed by atoms with Gasteiger partial charge in [0.1, 0.15) is 5.88 Å². The summed E-state index contributed by atoms with van der Waals surface area (Å²) in [6, 6.07) is 5.18. The molecular formula is C13H14ClNO5. The minimum absolute atomic E-state index is 0.118. The molecule has 1 aliphatic rings. The zero-order chi connectivity index (χ0) is 14.5. The van der Waals surface area contributed by atoms with Gasteiger partial charge in [0, 0.05) is 12.0 Å². The Morgan fingerprint density at radius 3 is 2.75 bits per heavy atom. The molecule has 0 atom stereocenters. The number of halogens is 1. The van der Waals surface area contributed by atoms with Gasteiger partial charge in [0.2, 0.25) is 5.91 Å². The topological polar surface area (TPSA) is 76.1 Å². The Morgan fingerprint density at radius 2 is 2.05 bits per heavy atom. The van der Waals surface area contributed by atoms with E-state index in [1.54, 1.807) is 18.2 Å². The molecule has 2 rings (SSSR count). The number of carbonyl (C=O) groups excluding carboxylic acids is 1. The van der Waals surface area contributed by atoms with Crippen molar-refractivity contribution in [3.8, 4) is 11.5 Å². The van der Waals surface area contributed by atoms with Gasteiger partial charge in [-0.3, -0.25) is 4.79 Å². The lowest BCUT2D eigenvalue weighted by Crippen LogP contribution is -2.36. The van der Waals surface area contributed by atoms with Crippen LogP contribution in [0, 0.1) is 0 Å². The van der Waals surface area contributed by atoms with Crippen molar-refractivity contribution >= 4 is 23.6 Å². The molecule has 0 saturated heterocycles. The number of amides is 2. The average Bonchev–Trinajstić information content (AvgIpc) is 2.69. The zero-order valence-electron chi connectivity index (χ0n) is 10.7. The van der Waals surface area contributed by atoms with Crippen molar-refractivity contribution in [2.75, 3.05) is 19.1 Å². The molecule has 7 heteroatoms. The lowest BCUT2D eigenvalue weighted by atomic mass is 10.1. The van der Waals surface area contributed by atoms with Gasteiger partial charge in [-0.25, -0.2) is 9.69 Å². The van der Waals surface area contributed by atoms with E-state index in [-0.39, 0.29) is 6.54 Å². The van der Waals surface area contributed by atoms with E-state index in [0.29, 0.717) is 35.2 Å². The Balaban J connectivity index is 2.28. The molecule has 1 aliphatic heterocycles. The van der Waals surface area contributed by atoms with E-state index in [1.807, 2.05) is 0 Å². The number of hydrogen-bond donors (Lipinski definition) is 1. The van der Waals surface area contributed by atoms with Crippen molar-refractivity contribution < 1.29 is 24.2 Å². The summed E-state index contributed by atoms with van der Waals surface area (Å²) in [5, 5.41) is 9.07. The molecule has 2 amide bonds. The summed E-state index contributed by atoms with van der Waals surface area (Å²) >= 11 is 5.42. The second-order valence-corrected chi connectivity index (χ2v) is 4.46. The van der Waals surface area contributed by atoms with E-state index in [9.17, 15) is 9.59 Å². The first-order chi connectivity index (χ1) is 9.63. The predicted molar refractivity (Wildman–Crippen MR) is 71.3 cm³/mol. The molecule has 1 aromatic carbocycles. The van der Waals surface area contributed by atoms with Crippen LogP contribution in [0.3, 0.4) is 0 Å². The highest BCUT2D eigenvalue weighted by atomic mass is 35.5. The molecule has 20 heavy (non-hydrogen) atoms. The van der Waals surface area contributed by atoms with Crippen LogP contribution in [0.2, 0.25) is 0 Å². The van der Waals surface area contributed by atoms with E-state index in [4.69, 9.17) is 26.2 Å². The molecule has 0 unspecified atom stereocenters. The van der Waals surface area contributed by atoms with Crippen molar-refractivity contribution in [3.63, 3.8) is 0 Å². The standard InChI is InChI=1S/C13H14ClNO5/c14-7-11(16)15(13(17)18)8-9-3-1-4-10-12(9)20-6-2-5-19-10/h1,3-4H,2,5-8H2,(H,17,18). The quantitative estimate of drug-likeness (QED) is 0.865. The first-order valence-corrected chi connectivity index (χ1v) is 6.63. The minimum Gasteiger partial charge on any atom is -0.490 e. The van der Waals surface area contributed by atoms with Gasteiger partial charge < -0.3 is 14.6 Å². The van der Waals surface area contributed by atoms with Crippen LogP contribution in [-0.4, -0.2) is 41.1 Å². The number of nitrogens with zero attached hydrogens (tertiary/aromatic N) is 1. The lowest BCUT2D eigenvalue weighted by Gasteiger charge is -2.19. The van der Waals surface area contributed by atoms with Crippen LogP contribution in [0.4, 0.5) is 4.79 Å². The molecular weight excluding hydrogens is 286 g/mol. The highest BCUT2D eigenvalue weighted by molar-refractivity contribution is 6.28. The number of fused-ring (bicyclic) bond motifs is 1. The third-order valence-electron chi connectivity index (χ3n) is 2.83. The van der Waals surface area contributed by atoms with E-state index in [2.05, 4.69) is 0 Å². The maximum Gasteiger partial charge on any atom is 0.414 e. The second kappa shape index (κ2) is 6.47. The number of alkyl halides is 1. The monoisotopic (exact) mass is 299 g/mol. The van der Waals surface area contributed by atoms with E-state index < -0.39 is 17.9 Å². The van der Waals surface area contributed by atoms with Gasteiger partial charge in [0.25, 0.3) is 0 Å². The van der Waals surface area contributed by atoms with Crippen molar-refractivity contribution in [2.45, 2.75) is 13.0 Å². The maximum absolute atomic E-state index is 11.5. The number of rotatable bonds is 3. The third-order valence-corrected chi connectivity index (χ3v) is 3.06. The molecule has 1 heterocycles. The molecule has 0 bridgehead atoms. The summed E-state index contributed by atoms with van der Waals surface area (Å²) in [6.07, 6.45) is -0.597. The Kier molecular flexibility index (Phi) is 4.68. The SMILES string of the molecule is O=C(O)N(Cc1cccc2c1OCCCO2)C(=O)CCl. The van der Waals surface area contributed by atoms with Crippen LogP contribution in [0.25, 0.3) is 0 Å². The highest BCUT2D eigenvalue weighted by Gasteiger charge is 2.23. The number of imide groups is 1. The number of para-hydroxylation sites is 1. The van der Waals surface area contributed by atoms with Gasteiger partial charge in [-0.1, -0.05) is 12.1 Å². The Bertz CT molecular complexity index is 519. The van der Waals surface area contributed by atoms with E-state index in [1.165, 1.54) is 0 Å². The van der Waals surface area contributed by atoms with Crippen molar-refractivity contribution in [1.29, 1.82) is 0 Å².